The molecule has 1 heterocycles. The summed E-state index contributed by atoms with van der Waals surface area (Å²) in [6, 6.07) is 0.00722. The van der Waals surface area contributed by atoms with Gasteiger partial charge in [-0.1, -0.05) is 27.2 Å². The van der Waals surface area contributed by atoms with E-state index >= 15 is 0 Å². The van der Waals surface area contributed by atoms with E-state index in [1.165, 1.54) is 0 Å². The molecular formula is C15H30N2O2. The molecule has 1 saturated heterocycles. The lowest BCUT2D eigenvalue weighted by molar-refractivity contribution is -0.131. The molecule has 112 valence electrons. The molecule has 1 fully saturated rings. The van der Waals surface area contributed by atoms with E-state index in [0.717, 1.165) is 19.3 Å². The molecule has 0 aromatic carbocycles. The number of nitrogens with one attached hydrogen (secondary N) is 1. The molecule has 0 bridgehead atoms. The molecule has 2 atom stereocenters. The van der Waals surface area contributed by atoms with Crippen LogP contribution < -0.4 is 5.32 Å². The van der Waals surface area contributed by atoms with E-state index in [1.807, 2.05) is 18.7 Å². The maximum atomic E-state index is 12.4. The van der Waals surface area contributed by atoms with Gasteiger partial charge in [-0.05, 0) is 32.6 Å². The highest BCUT2D eigenvalue weighted by molar-refractivity contribution is 5.84. The van der Waals surface area contributed by atoms with Crippen LogP contribution in [0.5, 0.6) is 0 Å². The molecule has 4 nitrogen and oxygen atoms in total. The Morgan fingerprint density at radius 3 is 2.53 bits per heavy atom. The van der Waals surface area contributed by atoms with E-state index in [0.29, 0.717) is 19.1 Å². The smallest absolute Gasteiger partial charge is 0.241 e. The number of rotatable bonds is 8. The molecule has 1 N–H and O–H groups in total. The van der Waals surface area contributed by atoms with Gasteiger partial charge in [0.1, 0.15) is 0 Å². The number of hydrogen-bond donors (Lipinski definition) is 1. The van der Waals surface area contributed by atoms with E-state index in [-0.39, 0.29) is 24.2 Å². The van der Waals surface area contributed by atoms with Crippen molar-refractivity contribution in [3.05, 3.63) is 0 Å². The third-order valence-electron chi connectivity index (χ3n) is 3.41. The zero-order valence-electron chi connectivity index (χ0n) is 13.1. The van der Waals surface area contributed by atoms with E-state index < -0.39 is 0 Å². The van der Waals surface area contributed by atoms with Crippen LogP contribution in [-0.2, 0) is 9.53 Å². The minimum atomic E-state index is 0.00722. The van der Waals surface area contributed by atoms with Crippen molar-refractivity contribution in [3.8, 4) is 0 Å². The van der Waals surface area contributed by atoms with Crippen LogP contribution >= 0.6 is 0 Å². The highest BCUT2D eigenvalue weighted by Crippen LogP contribution is 2.19. The number of nitrogens with zero attached hydrogens (tertiary/aromatic N) is 1. The number of hydrogen-bond acceptors (Lipinski definition) is 3. The molecule has 0 spiro atoms. The summed E-state index contributed by atoms with van der Waals surface area (Å²) in [5.41, 5.74) is 0. The molecule has 2 unspecified atom stereocenters. The molecular weight excluding hydrogens is 240 g/mol. The number of amides is 1. The fourth-order valence-corrected chi connectivity index (χ4v) is 2.54. The van der Waals surface area contributed by atoms with Crippen LogP contribution in [-0.4, -0.2) is 42.3 Å². The average molecular weight is 270 g/mol. The summed E-state index contributed by atoms with van der Waals surface area (Å²) in [4.78, 5) is 14.3. The topological polar surface area (TPSA) is 41.6 Å². The quantitative estimate of drug-likeness (QED) is 0.736. The first-order chi connectivity index (χ1) is 8.95. The summed E-state index contributed by atoms with van der Waals surface area (Å²) in [5, 5.41) is 3.48. The summed E-state index contributed by atoms with van der Waals surface area (Å²) in [6.07, 6.45) is 3.37. The zero-order valence-corrected chi connectivity index (χ0v) is 13.1. The lowest BCUT2D eigenvalue weighted by Crippen LogP contribution is -2.40. The van der Waals surface area contributed by atoms with E-state index in [2.05, 4.69) is 26.1 Å². The van der Waals surface area contributed by atoms with Crippen molar-refractivity contribution >= 4 is 5.91 Å². The van der Waals surface area contributed by atoms with Crippen molar-refractivity contribution in [3.63, 3.8) is 0 Å². The Bertz CT molecular complexity index is 279. The molecule has 0 saturated carbocycles. The third kappa shape index (κ3) is 5.11. The largest absolute Gasteiger partial charge is 0.377 e. The van der Waals surface area contributed by atoms with Crippen LogP contribution in [0.2, 0.25) is 0 Å². The number of ether oxygens (including phenoxy) is 1. The first-order valence-electron chi connectivity index (χ1n) is 7.63. The summed E-state index contributed by atoms with van der Waals surface area (Å²) in [6.45, 7) is 11.9. The maximum Gasteiger partial charge on any atom is 0.241 e. The van der Waals surface area contributed by atoms with Crippen molar-refractivity contribution < 1.29 is 9.53 Å². The van der Waals surface area contributed by atoms with Crippen LogP contribution in [0.1, 0.15) is 53.9 Å². The minimum Gasteiger partial charge on any atom is -0.377 e. The molecule has 0 aromatic heterocycles. The van der Waals surface area contributed by atoms with Gasteiger partial charge in [-0.15, -0.1) is 0 Å². The molecule has 0 aliphatic carbocycles. The standard InChI is InChI=1S/C15H30N2O2/c1-6-7-13-15(18)17(8-9-19-12(4)5)14(16-13)10-11(2)3/h11-14,16H,6-10H2,1-5H3. The Hall–Kier alpha value is -0.610. The van der Waals surface area contributed by atoms with Crippen molar-refractivity contribution in [2.24, 2.45) is 5.92 Å². The van der Waals surface area contributed by atoms with Gasteiger partial charge in [0.2, 0.25) is 5.91 Å². The Kier molecular flexibility index (Phi) is 6.80. The van der Waals surface area contributed by atoms with Gasteiger partial charge in [-0.3, -0.25) is 10.1 Å². The van der Waals surface area contributed by atoms with Gasteiger partial charge in [-0.25, -0.2) is 0 Å². The predicted octanol–water partition coefficient (Wildman–Crippen LogP) is 2.38. The highest BCUT2D eigenvalue weighted by Gasteiger charge is 2.37. The highest BCUT2D eigenvalue weighted by atomic mass is 16.5. The Balaban J connectivity index is 2.57. The monoisotopic (exact) mass is 270 g/mol. The first-order valence-corrected chi connectivity index (χ1v) is 7.63. The molecule has 1 aliphatic rings. The predicted molar refractivity (Wildman–Crippen MR) is 77.9 cm³/mol. The van der Waals surface area contributed by atoms with Crippen LogP contribution in [0, 0.1) is 5.92 Å². The van der Waals surface area contributed by atoms with Crippen LogP contribution in [0.3, 0.4) is 0 Å². The minimum absolute atomic E-state index is 0.00722. The fraction of sp³-hybridized carbons (Fsp3) is 0.933. The van der Waals surface area contributed by atoms with E-state index in [4.69, 9.17) is 4.74 Å². The van der Waals surface area contributed by atoms with Gasteiger partial charge in [-0.2, -0.15) is 0 Å². The Morgan fingerprint density at radius 1 is 1.32 bits per heavy atom. The van der Waals surface area contributed by atoms with Crippen LogP contribution in [0.25, 0.3) is 0 Å². The fourth-order valence-electron chi connectivity index (χ4n) is 2.54. The van der Waals surface area contributed by atoms with Gasteiger partial charge in [0.15, 0.2) is 0 Å². The molecule has 0 aromatic rings. The van der Waals surface area contributed by atoms with Gasteiger partial charge in [0.25, 0.3) is 0 Å². The van der Waals surface area contributed by atoms with Gasteiger partial charge < -0.3 is 9.64 Å². The number of carbonyl (C=O) groups is 1. The number of carbonyl (C=O) groups excluding carboxylic acids is 1. The van der Waals surface area contributed by atoms with E-state index in [9.17, 15) is 4.79 Å². The van der Waals surface area contributed by atoms with Gasteiger partial charge in [0, 0.05) is 6.54 Å². The molecule has 1 rings (SSSR count). The second kappa shape index (κ2) is 7.85. The SMILES string of the molecule is CCCC1NC(CC(C)C)N(CCOC(C)C)C1=O. The molecule has 19 heavy (non-hydrogen) atoms. The van der Waals surface area contributed by atoms with Crippen LogP contribution in [0.15, 0.2) is 0 Å². The van der Waals surface area contributed by atoms with Crippen molar-refractivity contribution in [2.75, 3.05) is 13.2 Å². The molecule has 1 amide bonds. The maximum absolute atomic E-state index is 12.4. The molecule has 0 radical (unpaired) electrons. The van der Waals surface area contributed by atoms with Crippen molar-refractivity contribution in [1.82, 2.24) is 10.2 Å². The van der Waals surface area contributed by atoms with Crippen LogP contribution in [0.4, 0.5) is 0 Å². The Labute approximate surface area is 117 Å². The summed E-state index contributed by atoms with van der Waals surface area (Å²) in [7, 11) is 0. The second-order valence-electron chi connectivity index (χ2n) is 6.10. The second-order valence-corrected chi connectivity index (χ2v) is 6.10. The van der Waals surface area contributed by atoms with Crippen molar-refractivity contribution in [2.45, 2.75) is 72.2 Å². The summed E-state index contributed by atoms with van der Waals surface area (Å²) in [5.74, 6) is 0.832. The zero-order chi connectivity index (χ0) is 14.4. The van der Waals surface area contributed by atoms with Crippen molar-refractivity contribution in [1.29, 1.82) is 0 Å². The molecule has 1 aliphatic heterocycles. The lowest BCUT2D eigenvalue weighted by atomic mass is 10.1. The lowest BCUT2D eigenvalue weighted by Gasteiger charge is -2.25. The van der Waals surface area contributed by atoms with Gasteiger partial charge in [0.05, 0.1) is 24.9 Å². The normalized spacial score (nSPS) is 23.9. The van der Waals surface area contributed by atoms with Gasteiger partial charge >= 0.3 is 0 Å². The average Bonchev–Trinajstić information content (AvgIpc) is 2.57. The Morgan fingerprint density at radius 2 is 2.00 bits per heavy atom. The first kappa shape index (κ1) is 16.4. The van der Waals surface area contributed by atoms with E-state index in [1.54, 1.807) is 0 Å². The molecule has 4 heteroatoms. The summed E-state index contributed by atoms with van der Waals surface area (Å²) >= 11 is 0. The summed E-state index contributed by atoms with van der Waals surface area (Å²) < 4.78 is 5.58. The third-order valence-corrected chi connectivity index (χ3v) is 3.41.